The summed E-state index contributed by atoms with van der Waals surface area (Å²) in [5.41, 5.74) is 1.87. The molecule has 0 spiro atoms. The fourth-order valence-corrected chi connectivity index (χ4v) is 1.60. The highest BCUT2D eigenvalue weighted by molar-refractivity contribution is 5.47. The van der Waals surface area contributed by atoms with Crippen LogP contribution in [0.5, 0.6) is 11.5 Å². The van der Waals surface area contributed by atoms with Gasteiger partial charge in [0.05, 0.1) is 26.4 Å². The lowest BCUT2D eigenvalue weighted by molar-refractivity contribution is 0.178. The maximum absolute atomic E-state index is 8.91. The van der Waals surface area contributed by atoms with Crippen LogP contribution in [0.25, 0.3) is 0 Å². The van der Waals surface area contributed by atoms with Gasteiger partial charge in [0.15, 0.2) is 0 Å². The molecule has 0 saturated heterocycles. The van der Waals surface area contributed by atoms with E-state index in [1.165, 1.54) is 0 Å². The van der Waals surface area contributed by atoms with Gasteiger partial charge >= 0.3 is 0 Å². The van der Waals surface area contributed by atoms with E-state index in [4.69, 9.17) is 19.3 Å². The van der Waals surface area contributed by atoms with Crippen molar-refractivity contribution in [2.24, 2.45) is 0 Å². The highest BCUT2D eigenvalue weighted by Gasteiger charge is 2.12. The second-order valence-corrected chi connectivity index (χ2v) is 3.39. The van der Waals surface area contributed by atoms with Gasteiger partial charge in [-0.05, 0) is 24.1 Å². The number of rotatable bonds is 6. The van der Waals surface area contributed by atoms with E-state index in [0.29, 0.717) is 13.0 Å². The summed E-state index contributed by atoms with van der Waals surface area (Å²) in [6.45, 7) is 0.543. The maximum atomic E-state index is 8.91. The van der Waals surface area contributed by atoms with E-state index in [2.05, 4.69) is 0 Å². The lowest BCUT2D eigenvalue weighted by Gasteiger charge is -2.14. The largest absolute Gasteiger partial charge is 0.496 e. The predicted octanol–water partition coefficient (Wildman–Crippen LogP) is 1.39. The summed E-state index contributed by atoms with van der Waals surface area (Å²) in [4.78, 5) is 0. The average Bonchev–Trinajstić information content (AvgIpc) is 2.31. The highest BCUT2D eigenvalue weighted by atomic mass is 16.5. The van der Waals surface area contributed by atoms with Crippen molar-refractivity contribution in [3.05, 3.63) is 23.3 Å². The van der Waals surface area contributed by atoms with Gasteiger partial charge in [0.25, 0.3) is 0 Å². The molecule has 4 heteroatoms. The predicted molar refractivity (Wildman–Crippen MR) is 61.0 cm³/mol. The lowest BCUT2D eigenvalue weighted by Crippen LogP contribution is -2.01. The molecule has 1 aromatic rings. The first-order valence-electron chi connectivity index (χ1n) is 5.10. The normalized spacial score (nSPS) is 10.2. The van der Waals surface area contributed by atoms with E-state index >= 15 is 0 Å². The molecule has 0 saturated carbocycles. The van der Waals surface area contributed by atoms with Crippen molar-refractivity contribution in [3.8, 4) is 11.5 Å². The number of hydrogen-bond acceptors (Lipinski definition) is 4. The van der Waals surface area contributed by atoms with Crippen LogP contribution >= 0.6 is 0 Å². The monoisotopic (exact) mass is 226 g/mol. The SMILES string of the molecule is COCc1c(OC)cc(CCO)cc1OC. The van der Waals surface area contributed by atoms with E-state index in [9.17, 15) is 0 Å². The van der Waals surface area contributed by atoms with Crippen LogP contribution in [-0.4, -0.2) is 33.0 Å². The fourth-order valence-electron chi connectivity index (χ4n) is 1.60. The van der Waals surface area contributed by atoms with Gasteiger partial charge in [0.1, 0.15) is 11.5 Å². The zero-order valence-electron chi connectivity index (χ0n) is 9.95. The molecule has 16 heavy (non-hydrogen) atoms. The van der Waals surface area contributed by atoms with Crippen LogP contribution in [0.2, 0.25) is 0 Å². The third-order valence-corrected chi connectivity index (χ3v) is 2.36. The summed E-state index contributed by atoms with van der Waals surface area (Å²) in [6.07, 6.45) is 0.583. The lowest BCUT2D eigenvalue weighted by atomic mass is 10.1. The maximum Gasteiger partial charge on any atom is 0.128 e. The number of aliphatic hydroxyl groups excluding tert-OH is 1. The molecule has 0 bridgehead atoms. The Balaban J connectivity index is 3.14. The van der Waals surface area contributed by atoms with Gasteiger partial charge in [0, 0.05) is 13.7 Å². The molecular weight excluding hydrogens is 208 g/mol. The molecule has 0 heterocycles. The van der Waals surface area contributed by atoms with Crippen LogP contribution in [0.4, 0.5) is 0 Å². The van der Waals surface area contributed by atoms with Gasteiger partial charge < -0.3 is 19.3 Å². The van der Waals surface area contributed by atoms with Crippen molar-refractivity contribution in [2.45, 2.75) is 13.0 Å². The minimum Gasteiger partial charge on any atom is -0.496 e. The molecule has 90 valence electrons. The Morgan fingerprint density at radius 1 is 1.06 bits per heavy atom. The van der Waals surface area contributed by atoms with Crippen LogP contribution in [0.15, 0.2) is 12.1 Å². The number of ether oxygens (including phenoxy) is 3. The number of aliphatic hydroxyl groups is 1. The van der Waals surface area contributed by atoms with Gasteiger partial charge in [-0.2, -0.15) is 0 Å². The second-order valence-electron chi connectivity index (χ2n) is 3.39. The van der Waals surface area contributed by atoms with E-state index in [1.807, 2.05) is 12.1 Å². The van der Waals surface area contributed by atoms with Crippen LogP contribution in [-0.2, 0) is 17.8 Å². The summed E-state index contributed by atoms with van der Waals surface area (Å²) < 4.78 is 15.7. The Bertz CT molecular complexity index is 311. The van der Waals surface area contributed by atoms with Crippen molar-refractivity contribution in [3.63, 3.8) is 0 Å². The standard InChI is InChI=1S/C12H18O4/c1-14-8-10-11(15-2)6-9(4-5-13)7-12(10)16-3/h6-7,13H,4-5,8H2,1-3H3. The Morgan fingerprint density at radius 2 is 1.62 bits per heavy atom. The van der Waals surface area contributed by atoms with Gasteiger partial charge in [-0.25, -0.2) is 0 Å². The summed E-state index contributed by atoms with van der Waals surface area (Å²) >= 11 is 0. The van der Waals surface area contributed by atoms with E-state index in [1.54, 1.807) is 21.3 Å². The zero-order chi connectivity index (χ0) is 12.0. The van der Waals surface area contributed by atoms with Crippen molar-refractivity contribution < 1.29 is 19.3 Å². The number of methoxy groups -OCH3 is 3. The summed E-state index contributed by atoms with van der Waals surface area (Å²) in [7, 11) is 4.84. The summed E-state index contributed by atoms with van der Waals surface area (Å²) in [5, 5.41) is 8.91. The Labute approximate surface area is 95.8 Å². The molecule has 0 unspecified atom stereocenters. The molecule has 1 rings (SSSR count). The second kappa shape index (κ2) is 6.35. The van der Waals surface area contributed by atoms with Crippen molar-refractivity contribution in [1.82, 2.24) is 0 Å². The van der Waals surface area contributed by atoms with Crippen LogP contribution in [0, 0.1) is 0 Å². The first kappa shape index (κ1) is 12.8. The molecule has 0 amide bonds. The van der Waals surface area contributed by atoms with Gasteiger partial charge in [-0.15, -0.1) is 0 Å². The number of benzene rings is 1. The van der Waals surface area contributed by atoms with Gasteiger partial charge in [-0.1, -0.05) is 0 Å². The van der Waals surface area contributed by atoms with E-state index < -0.39 is 0 Å². The van der Waals surface area contributed by atoms with Gasteiger partial charge in [-0.3, -0.25) is 0 Å². The van der Waals surface area contributed by atoms with Crippen LogP contribution in [0.3, 0.4) is 0 Å². The molecule has 4 nitrogen and oxygen atoms in total. The molecule has 0 aliphatic carbocycles. The highest BCUT2D eigenvalue weighted by Crippen LogP contribution is 2.31. The van der Waals surface area contributed by atoms with E-state index in [-0.39, 0.29) is 6.61 Å². The average molecular weight is 226 g/mol. The Hall–Kier alpha value is -1.26. The first-order valence-corrected chi connectivity index (χ1v) is 5.10. The molecule has 0 atom stereocenters. The zero-order valence-corrected chi connectivity index (χ0v) is 9.95. The van der Waals surface area contributed by atoms with Crippen molar-refractivity contribution in [1.29, 1.82) is 0 Å². The van der Waals surface area contributed by atoms with Crippen molar-refractivity contribution >= 4 is 0 Å². The summed E-state index contributed by atoms with van der Waals surface area (Å²) in [6, 6.07) is 3.79. The third-order valence-electron chi connectivity index (χ3n) is 2.36. The van der Waals surface area contributed by atoms with Gasteiger partial charge in [0.2, 0.25) is 0 Å². The van der Waals surface area contributed by atoms with Crippen LogP contribution in [0.1, 0.15) is 11.1 Å². The fraction of sp³-hybridized carbons (Fsp3) is 0.500. The Morgan fingerprint density at radius 3 is 2.00 bits per heavy atom. The molecule has 0 aliphatic rings. The molecule has 1 N–H and O–H groups in total. The molecule has 0 fully saturated rings. The molecular formula is C12H18O4. The number of hydrogen-bond donors (Lipinski definition) is 1. The minimum atomic E-state index is 0.107. The third kappa shape index (κ3) is 2.87. The molecule has 0 aliphatic heterocycles. The molecule has 1 aromatic carbocycles. The quantitative estimate of drug-likeness (QED) is 0.796. The molecule has 0 aromatic heterocycles. The van der Waals surface area contributed by atoms with Crippen LogP contribution < -0.4 is 9.47 Å². The smallest absolute Gasteiger partial charge is 0.128 e. The van der Waals surface area contributed by atoms with Crippen molar-refractivity contribution in [2.75, 3.05) is 27.9 Å². The minimum absolute atomic E-state index is 0.107. The Kier molecular flexibility index (Phi) is 5.08. The summed E-state index contributed by atoms with van der Waals surface area (Å²) in [5.74, 6) is 1.45. The van der Waals surface area contributed by atoms with E-state index in [0.717, 1.165) is 22.6 Å². The molecule has 0 radical (unpaired) electrons. The topological polar surface area (TPSA) is 47.9 Å². The first-order chi connectivity index (χ1) is 7.76.